The molecule has 37 heavy (non-hydrogen) atoms. The minimum Gasteiger partial charge on any atom is -0.496 e. The number of amides is 1. The highest BCUT2D eigenvalue weighted by molar-refractivity contribution is 5.97. The number of carbonyl (C=O) groups is 1. The Balaban J connectivity index is 1.45. The fourth-order valence-corrected chi connectivity index (χ4v) is 4.88. The summed E-state index contributed by atoms with van der Waals surface area (Å²) in [7, 11) is 1.60. The molecule has 0 atom stereocenters. The van der Waals surface area contributed by atoms with Gasteiger partial charge in [0, 0.05) is 49.4 Å². The summed E-state index contributed by atoms with van der Waals surface area (Å²) in [6.45, 7) is 6.79. The Morgan fingerprint density at radius 2 is 1.59 bits per heavy atom. The van der Waals surface area contributed by atoms with Gasteiger partial charge in [0.25, 0.3) is 5.91 Å². The molecule has 1 aliphatic rings. The molecule has 6 nitrogen and oxygen atoms in total. The summed E-state index contributed by atoms with van der Waals surface area (Å²) in [5, 5.41) is 0. The summed E-state index contributed by atoms with van der Waals surface area (Å²) in [5.41, 5.74) is 6.13. The topological polar surface area (TPSA) is 58.6 Å². The average molecular weight is 493 g/mol. The summed E-state index contributed by atoms with van der Waals surface area (Å²) in [6.07, 6.45) is 0.760. The lowest BCUT2D eigenvalue weighted by atomic mass is 10.0. The van der Waals surface area contributed by atoms with Gasteiger partial charge in [-0.2, -0.15) is 0 Å². The second-order valence-electron chi connectivity index (χ2n) is 9.45. The number of ether oxygens (including phenoxy) is 1. The molecule has 1 aliphatic heterocycles. The van der Waals surface area contributed by atoms with Gasteiger partial charge < -0.3 is 14.5 Å². The summed E-state index contributed by atoms with van der Waals surface area (Å²) in [4.78, 5) is 27.5. The van der Waals surface area contributed by atoms with E-state index in [9.17, 15) is 4.79 Å². The predicted octanol–water partition coefficient (Wildman–Crippen LogP) is 5.32. The van der Waals surface area contributed by atoms with Gasteiger partial charge in [-0.25, -0.2) is 9.97 Å². The number of piperazine rings is 1. The zero-order valence-corrected chi connectivity index (χ0v) is 21.6. The van der Waals surface area contributed by atoms with E-state index in [1.165, 1.54) is 11.1 Å². The van der Waals surface area contributed by atoms with E-state index >= 15 is 0 Å². The smallest absolute Gasteiger partial charge is 0.257 e. The molecule has 2 heterocycles. The molecule has 3 aromatic carbocycles. The van der Waals surface area contributed by atoms with Crippen molar-refractivity contribution in [2.75, 3.05) is 38.2 Å². The number of aryl methyl sites for hydroxylation is 2. The summed E-state index contributed by atoms with van der Waals surface area (Å²) >= 11 is 0. The zero-order valence-electron chi connectivity index (χ0n) is 21.6. The van der Waals surface area contributed by atoms with Crippen LogP contribution in [0.15, 0.2) is 78.9 Å². The van der Waals surface area contributed by atoms with E-state index in [-0.39, 0.29) is 5.91 Å². The summed E-state index contributed by atoms with van der Waals surface area (Å²) in [5.74, 6) is 2.30. The van der Waals surface area contributed by atoms with E-state index in [1.54, 1.807) is 7.11 Å². The van der Waals surface area contributed by atoms with Gasteiger partial charge >= 0.3 is 0 Å². The maximum atomic E-state index is 13.3. The molecule has 4 aromatic rings. The quantitative estimate of drug-likeness (QED) is 0.365. The SMILES string of the molecule is COc1ccccc1C(=O)N1CCN(c2nc(-c3cccc(C)c3)nc(C)c2Cc2ccccc2)CC1. The van der Waals surface area contributed by atoms with Crippen molar-refractivity contribution in [3.8, 4) is 17.1 Å². The molecule has 0 radical (unpaired) electrons. The van der Waals surface area contributed by atoms with Gasteiger partial charge in [-0.15, -0.1) is 0 Å². The van der Waals surface area contributed by atoms with Crippen molar-refractivity contribution < 1.29 is 9.53 Å². The first-order valence-electron chi connectivity index (χ1n) is 12.7. The van der Waals surface area contributed by atoms with Crippen molar-refractivity contribution in [1.82, 2.24) is 14.9 Å². The van der Waals surface area contributed by atoms with Crippen LogP contribution in [0.2, 0.25) is 0 Å². The highest BCUT2D eigenvalue weighted by atomic mass is 16.5. The van der Waals surface area contributed by atoms with Gasteiger partial charge in [-0.3, -0.25) is 4.79 Å². The first-order chi connectivity index (χ1) is 18.0. The molecule has 1 amide bonds. The monoisotopic (exact) mass is 492 g/mol. The second kappa shape index (κ2) is 10.8. The normalized spacial score (nSPS) is 13.5. The van der Waals surface area contributed by atoms with Crippen LogP contribution in [0.5, 0.6) is 5.75 Å². The van der Waals surface area contributed by atoms with Crippen LogP contribution in [0.1, 0.15) is 32.7 Å². The second-order valence-corrected chi connectivity index (χ2v) is 9.45. The molecule has 0 spiro atoms. The highest BCUT2D eigenvalue weighted by Crippen LogP contribution is 2.29. The molecular formula is C31H32N4O2. The van der Waals surface area contributed by atoms with Crippen LogP contribution >= 0.6 is 0 Å². The number of benzene rings is 3. The lowest BCUT2D eigenvalue weighted by Gasteiger charge is -2.36. The molecule has 6 heteroatoms. The Labute approximate surface area is 218 Å². The molecule has 188 valence electrons. The number of methoxy groups -OCH3 is 1. The molecule has 1 saturated heterocycles. The maximum Gasteiger partial charge on any atom is 0.257 e. The van der Waals surface area contributed by atoms with Crippen molar-refractivity contribution in [2.45, 2.75) is 20.3 Å². The molecule has 1 fully saturated rings. The van der Waals surface area contributed by atoms with Gasteiger partial charge in [0.15, 0.2) is 5.82 Å². The Morgan fingerprint density at radius 1 is 0.865 bits per heavy atom. The van der Waals surface area contributed by atoms with E-state index in [1.807, 2.05) is 41.3 Å². The van der Waals surface area contributed by atoms with Gasteiger partial charge in [-0.05, 0) is 37.6 Å². The van der Waals surface area contributed by atoms with E-state index in [2.05, 4.69) is 61.2 Å². The van der Waals surface area contributed by atoms with Crippen molar-refractivity contribution in [3.05, 3.63) is 107 Å². The predicted molar refractivity (Wildman–Crippen MR) is 147 cm³/mol. The zero-order chi connectivity index (χ0) is 25.8. The Bertz CT molecular complexity index is 1400. The third-order valence-electron chi connectivity index (χ3n) is 6.90. The third-order valence-corrected chi connectivity index (χ3v) is 6.90. The molecular weight excluding hydrogens is 460 g/mol. The molecule has 0 bridgehead atoms. The number of carbonyl (C=O) groups excluding carboxylic acids is 1. The molecule has 0 N–H and O–H groups in total. The van der Waals surface area contributed by atoms with Crippen molar-refractivity contribution in [1.29, 1.82) is 0 Å². The number of para-hydroxylation sites is 1. The first kappa shape index (κ1) is 24.5. The molecule has 0 saturated carbocycles. The number of aromatic nitrogens is 2. The third kappa shape index (κ3) is 5.33. The van der Waals surface area contributed by atoms with Crippen LogP contribution < -0.4 is 9.64 Å². The maximum absolute atomic E-state index is 13.3. The number of anilines is 1. The van der Waals surface area contributed by atoms with Crippen LogP contribution in [0.3, 0.4) is 0 Å². The molecule has 0 aliphatic carbocycles. The van der Waals surface area contributed by atoms with Gasteiger partial charge in [0.1, 0.15) is 11.6 Å². The van der Waals surface area contributed by atoms with Gasteiger partial charge in [0.05, 0.1) is 12.7 Å². The van der Waals surface area contributed by atoms with Gasteiger partial charge in [0.2, 0.25) is 0 Å². The standard InChI is InChI=1S/C31H32N4O2/c1-22-10-9-13-25(20-22)29-32-23(2)27(21-24-11-5-4-6-12-24)30(33-29)34-16-18-35(19-17-34)31(36)26-14-7-8-15-28(26)37-3/h4-15,20H,16-19,21H2,1-3H3. The number of rotatable bonds is 6. The van der Waals surface area contributed by atoms with Crippen LogP contribution in [0.25, 0.3) is 11.4 Å². The Kier molecular flexibility index (Phi) is 7.17. The van der Waals surface area contributed by atoms with Crippen LogP contribution in [0.4, 0.5) is 5.82 Å². The molecule has 0 unspecified atom stereocenters. The van der Waals surface area contributed by atoms with Crippen LogP contribution in [0, 0.1) is 13.8 Å². The molecule has 1 aromatic heterocycles. The number of nitrogens with zero attached hydrogens (tertiary/aromatic N) is 4. The van der Waals surface area contributed by atoms with E-state index in [0.717, 1.165) is 34.9 Å². The minimum atomic E-state index is 0.000858. The van der Waals surface area contributed by atoms with Crippen LogP contribution in [-0.4, -0.2) is 54.1 Å². The fourth-order valence-electron chi connectivity index (χ4n) is 4.88. The van der Waals surface area contributed by atoms with E-state index in [0.29, 0.717) is 37.5 Å². The summed E-state index contributed by atoms with van der Waals surface area (Å²) in [6, 6.07) is 26.2. The lowest BCUT2D eigenvalue weighted by Crippen LogP contribution is -2.49. The largest absolute Gasteiger partial charge is 0.496 e. The Hall–Kier alpha value is -4.19. The van der Waals surface area contributed by atoms with E-state index < -0.39 is 0 Å². The highest BCUT2D eigenvalue weighted by Gasteiger charge is 2.27. The Morgan fingerprint density at radius 3 is 2.32 bits per heavy atom. The fraction of sp³-hybridized carbons (Fsp3) is 0.258. The van der Waals surface area contributed by atoms with Crippen molar-refractivity contribution >= 4 is 11.7 Å². The van der Waals surface area contributed by atoms with Crippen molar-refractivity contribution in [2.24, 2.45) is 0 Å². The molecule has 5 rings (SSSR count). The van der Waals surface area contributed by atoms with Crippen molar-refractivity contribution in [3.63, 3.8) is 0 Å². The average Bonchev–Trinajstić information content (AvgIpc) is 2.94. The summed E-state index contributed by atoms with van der Waals surface area (Å²) < 4.78 is 5.42. The lowest BCUT2D eigenvalue weighted by molar-refractivity contribution is 0.0743. The number of hydrogen-bond acceptors (Lipinski definition) is 5. The number of hydrogen-bond donors (Lipinski definition) is 0. The van der Waals surface area contributed by atoms with Gasteiger partial charge in [-0.1, -0.05) is 66.2 Å². The van der Waals surface area contributed by atoms with Crippen LogP contribution in [-0.2, 0) is 6.42 Å². The van der Waals surface area contributed by atoms with E-state index in [4.69, 9.17) is 14.7 Å². The minimum absolute atomic E-state index is 0.000858. The first-order valence-corrected chi connectivity index (χ1v) is 12.7.